The Hall–Kier alpha value is -0.426. The van der Waals surface area contributed by atoms with E-state index in [2.05, 4.69) is 16.0 Å². The minimum atomic E-state index is -2.49. The van der Waals surface area contributed by atoms with Gasteiger partial charge < -0.3 is 26.6 Å². The highest BCUT2D eigenvalue weighted by Gasteiger charge is 2.37. The summed E-state index contributed by atoms with van der Waals surface area (Å²) in [5.41, 5.74) is 0. The van der Waals surface area contributed by atoms with Gasteiger partial charge in [0.15, 0.2) is 0 Å². The van der Waals surface area contributed by atoms with E-state index in [-0.39, 0.29) is 0 Å². The number of aliphatic imine (C=N–C) groups is 2. The van der Waals surface area contributed by atoms with Crippen LogP contribution >= 0.6 is 0 Å². The molecule has 0 saturated carbocycles. The van der Waals surface area contributed by atoms with Gasteiger partial charge in [0.05, 0.1) is 6.01 Å². The summed E-state index contributed by atoms with van der Waals surface area (Å²) in [7, 11) is 4.65. The fraction of sp³-hybridized carbons (Fsp3) is 0.923. The van der Waals surface area contributed by atoms with Crippen LogP contribution in [0.25, 0.3) is 0 Å². The molecule has 0 atom stereocenters. The zero-order valence-corrected chi connectivity index (χ0v) is 17.1. The second-order valence-corrected chi connectivity index (χ2v) is 10.8. The van der Waals surface area contributed by atoms with Crippen molar-refractivity contribution in [1.82, 2.24) is 0 Å². The average Bonchev–Trinajstić information content (AvgIpc) is 2.61. The van der Waals surface area contributed by atoms with Crippen LogP contribution in [-0.2, 0) is 26.6 Å². The summed E-state index contributed by atoms with van der Waals surface area (Å²) >= 11 is 0. The van der Waals surface area contributed by atoms with E-state index in [9.17, 15) is 0 Å². The Morgan fingerprint density at radius 3 is 1.17 bits per heavy atom. The topological polar surface area (TPSA) is 80.1 Å². The quantitative estimate of drug-likeness (QED) is 0.264. The van der Waals surface area contributed by atoms with Gasteiger partial charge >= 0.3 is 17.6 Å². The van der Waals surface area contributed by atoms with E-state index in [4.69, 9.17) is 26.6 Å². The molecule has 0 fully saturated rings. The Balaban J connectivity index is 3.99. The van der Waals surface area contributed by atoms with Crippen molar-refractivity contribution in [3.8, 4) is 0 Å². The summed E-state index contributed by atoms with van der Waals surface area (Å²) in [4.78, 5) is 8.26. The molecule has 0 aliphatic carbocycles. The molecular formula is C13H30N2O6Si2. The number of nitrogens with zero attached hydrogens (tertiary/aromatic N) is 2. The molecule has 0 saturated heterocycles. The van der Waals surface area contributed by atoms with Crippen LogP contribution in [0.5, 0.6) is 0 Å². The van der Waals surface area contributed by atoms with Crippen LogP contribution in [0.15, 0.2) is 9.98 Å². The molecule has 10 heteroatoms. The van der Waals surface area contributed by atoms with Crippen LogP contribution in [0, 0.1) is 0 Å². The van der Waals surface area contributed by atoms with E-state index in [0.29, 0.717) is 25.2 Å². The van der Waals surface area contributed by atoms with Crippen LogP contribution in [0.1, 0.15) is 12.8 Å². The molecule has 0 aromatic rings. The Bertz CT molecular complexity index is 312. The van der Waals surface area contributed by atoms with Gasteiger partial charge in [-0.3, -0.25) is 0 Å². The maximum absolute atomic E-state index is 5.34. The van der Waals surface area contributed by atoms with Crippen LogP contribution in [-0.4, -0.2) is 79.4 Å². The molecule has 23 heavy (non-hydrogen) atoms. The largest absolute Gasteiger partial charge is 0.500 e. The average molecular weight is 367 g/mol. The minimum absolute atomic E-state index is 0.612. The normalized spacial score (nSPS) is 12.1. The van der Waals surface area contributed by atoms with E-state index < -0.39 is 17.6 Å². The van der Waals surface area contributed by atoms with Crippen molar-refractivity contribution in [3.63, 3.8) is 0 Å². The van der Waals surface area contributed by atoms with E-state index >= 15 is 0 Å². The predicted octanol–water partition coefficient (Wildman–Crippen LogP) is 1.70. The highest BCUT2D eigenvalue weighted by Crippen LogP contribution is 2.15. The van der Waals surface area contributed by atoms with Crippen LogP contribution < -0.4 is 0 Å². The van der Waals surface area contributed by atoms with Crippen molar-refractivity contribution in [2.45, 2.75) is 24.9 Å². The highest BCUT2D eigenvalue weighted by molar-refractivity contribution is 6.60. The molecule has 0 N–H and O–H groups in total. The molecule has 0 radical (unpaired) electrons. The monoisotopic (exact) mass is 366 g/mol. The zero-order chi connectivity index (χ0) is 17.6. The van der Waals surface area contributed by atoms with E-state index in [1.807, 2.05) is 0 Å². The lowest BCUT2D eigenvalue weighted by Gasteiger charge is -2.23. The lowest BCUT2D eigenvalue weighted by Crippen LogP contribution is -2.42. The first-order valence-electron chi connectivity index (χ1n) is 7.46. The molecular weight excluding hydrogens is 336 g/mol. The first-order valence-corrected chi connectivity index (χ1v) is 11.3. The summed E-state index contributed by atoms with van der Waals surface area (Å²) in [6, 6.07) is 4.13. The second kappa shape index (κ2) is 12.9. The van der Waals surface area contributed by atoms with Gasteiger partial charge in [-0.2, -0.15) is 0 Å². The van der Waals surface area contributed by atoms with Crippen molar-refractivity contribution in [1.29, 1.82) is 0 Å². The van der Waals surface area contributed by atoms with Crippen molar-refractivity contribution in [3.05, 3.63) is 0 Å². The van der Waals surface area contributed by atoms with Gasteiger partial charge in [0, 0.05) is 67.8 Å². The Labute approximate surface area is 141 Å². The molecule has 0 amide bonds. The van der Waals surface area contributed by atoms with E-state index in [1.165, 1.54) is 0 Å². The molecule has 0 heterocycles. The Kier molecular flexibility index (Phi) is 12.7. The van der Waals surface area contributed by atoms with Gasteiger partial charge in [-0.25, -0.2) is 9.98 Å². The molecule has 0 bridgehead atoms. The molecule has 0 aliphatic heterocycles. The Morgan fingerprint density at radius 2 is 0.913 bits per heavy atom. The second-order valence-electron chi connectivity index (χ2n) is 4.66. The van der Waals surface area contributed by atoms with Crippen LogP contribution in [0.2, 0.25) is 12.1 Å². The fourth-order valence-electron chi connectivity index (χ4n) is 2.01. The third-order valence-electron chi connectivity index (χ3n) is 3.51. The molecule has 0 unspecified atom stereocenters. The van der Waals surface area contributed by atoms with Crippen molar-refractivity contribution in [2.75, 3.05) is 55.7 Å². The Morgan fingerprint density at radius 1 is 0.609 bits per heavy atom. The van der Waals surface area contributed by atoms with Crippen molar-refractivity contribution >= 4 is 23.6 Å². The van der Waals surface area contributed by atoms with Gasteiger partial charge in [-0.15, -0.1) is 0 Å². The predicted molar refractivity (Wildman–Crippen MR) is 92.0 cm³/mol. The minimum Gasteiger partial charge on any atom is -0.377 e. The van der Waals surface area contributed by atoms with Gasteiger partial charge in [0.1, 0.15) is 0 Å². The van der Waals surface area contributed by atoms with Crippen molar-refractivity contribution in [2.24, 2.45) is 9.98 Å². The van der Waals surface area contributed by atoms with Gasteiger partial charge in [-0.05, 0) is 12.8 Å². The third kappa shape index (κ3) is 8.29. The van der Waals surface area contributed by atoms with Gasteiger partial charge in [0.2, 0.25) is 0 Å². The highest BCUT2D eigenvalue weighted by atomic mass is 28.4. The summed E-state index contributed by atoms with van der Waals surface area (Å²) in [5, 5.41) is 0. The van der Waals surface area contributed by atoms with E-state index in [0.717, 1.165) is 12.8 Å². The lowest BCUT2D eigenvalue weighted by atomic mass is 10.5. The summed E-state index contributed by atoms with van der Waals surface area (Å²) in [5.74, 6) is 0. The molecule has 8 nitrogen and oxygen atoms in total. The first kappa shape index (κ1) is 22.6. The fourth-order valence-corrected chi connectivity index (χ4v) is 5.42. The maximum atomic E-state index is 5.34. The maximum Gasteiger partial charge on any atom is 0.500 e. The standard InChI is InChI=1S/C13H30N2O6Si2/c1-16-22(17-2,18-3)11-7-9-14-13-15-10-8-12-23(19-4,20-5)21-6/h7-12H2,1-6H3. The molecule has 0 aliphatic rings. The molecule has 0 spiro atoms. The first-order chi connectivity index (χ1) is 11.1. The summed E-state index contributed by atoms with van der Waals surface area (Å²) in [6.07, 6.45) is 1.61. The number of rotatable bonds is 14. The van der Waals surface area contributed by atoms with Gasteiger partial charge in [-0.1, -0.05) is 0 Å². The molecule has 0 aromatic heterocycles. The number of hydrogen-bond donors (Lipinski definition) is 0. The van der Waals surface area contributed by atoms with Crippen molar-refractivity contribution < 1.29 is 26.6 Å². The summed E-state index contributed by atoms with van der Waals surface area (Å²) in [6.45, 7) is 1.22. The van der Waals surface area contributed by atoms with Crippen LogP contribution in [0.4, 0.5) is 0 Å². The zero-order valence-electron chi connectivity index (χ0n) is 15.1. The molecule has 0 aromatic carbocycles. The summed E-state index contributed by atoms with van der Waals surface area (Å²) < 4.78 is 32.0. The smallest absolute Gasteiger partial charge is 0.377 e. The SMILES string of the molecule is CO[Si](CCCN=C=NCCC[Si](OC)(OC)OC)(OC)OC. The molecule has 136 valence electrons. The third-order valence-corrected chi connectivity index (χ3v) is 9.18. The van der Waals surface area contributed by atoms with E-state index in [1.54, 1.807) is 42.7 Å². The lowest BCUT2D eigenvalue weighted by molar-refractivity contribution is 0.122. The van der Waals surface area contributed by atoms with Gasteiger partial charge in [0.25, 0.3) is 0 Å². The van der Waals surface area contributed by atoms with Crippen LogP contribution in [0.3, 0.4) is 0 Å². The molecule has 0 rings (SSSR count). The number of hydrogen-bond acceptors (Lipinski definition) is 8.